The quantitative estimate of drug-likeness (QED) is 0.0677. The predicted molar refractivity (Wildman–Crippen MR) is 168 cm³/mol. The molecule has 0 bridgehead atoms. The number of hydrogen-bond acceptors (Lipinski definition) is 12. The summed E-state index contributed by atoms with van der Waals surface area (Å²) in [5.41, 5.74) is 2.84. The zero-order valence-electron chi connectivity index (χ0n) is 26.5. The number of hydrogen-bond donors (Lipinski definition) is 0. The first-order valence-electron chi connectivity index (χ1n) is 14.5. The lowest BCUT2D eigenvalue weighted by Gasteiger charge is -2.31. The highest BCUT2D eigenvalue weighted by Gasteiger charge is 2.34. The minimum atomic E-state index is -1.13. The van der Waals surface area contributed by atoms with Crippen LogP contribution in [0.3, 0.4) is 0 Å². The van der Waals surface area contributed by atoms with E-state index in [0.717, 1.165) is 5.56 Å². The molecule has 3 aromatic carbocycles. The molecule has 12 nitrogen and oxygen atoms in total. The van der Waals surface area contributed by atoms with Crippen LogP contribution >= 0.6 is 0 Å². The molecule has 0 heterocycles. The van der Waals surface area contributed by atoms with Crippen LogP contribution in [0.5, 0.6) is 5.75 Å². The number of carbonyl (C=O) groups is 3. The van der Waals surface area contributed by atoms with Crippen LogP contribution in [0.25, 0.3) is 0 Å². The van der Waals surface area contributed by atoms with E-state index < -0.39 is 23.3 Å². The maximum Gasteiger partial charge on any atom is 0.338 e. The van der Waals surface area contributed by atoms with Crippen LogP contribution in [0, 0.1) is 37.7 Å². The Morgan fingerprint density at radius 3 is 1.96 bits per heavy atom. The molecule has 47 heavy (non-hydrogen) atoms. The maximum atomic E-state index is 13.1. The molecule has 1 unspecified atom stereocenters. The molecule has 0 aliphatic carbocycles. The van der Waals surface area contributed by atoms with Gasteiger partial charge in [-0.15, -0.1) is 5.26 Å². The van der Waals surface area contributed by atoms with E-state index in [2.05, 4.69) is 9.98 Å². The third kappa shape index (κ3) is 10.6. The summed E-state index contributed by atoms with van der Waals surface area (Å²) in [4.78, 5) is 67.5. The van der Waals surface area contributed by atoms with Crippen molar-refractivity contribution in [3.8, 4) is 12.0 Å². The molecule has 0 aliphatic rings. The Hall–Kier alpha value is -5.88. The first kappa shape index (κ1) is 35.6. The SMILES string of the molecule is CCC(COC(=O)Cc1ccc(C)c(N=C=O)c1)(COC(=O)Cc1ccc(C)c(OC#N)c1)COC(=O)c1cc(C)cc(N=C=O)c1. The van der Waals surface area contributed by atoms with Crippen molar-refractivity contribution < 1.29 is 42.9 Å². The number of esters is 3. The van der Waals surface area contributed by atoms with Crippen molar-refractivity contribution in [2.24, 2.45) is 15.4 Å². The van der Waals surface area contributed by atoms with Crippen LogP contribution in [-0.4, -0.2) is 49.9 Å². The second-order valence-corrected chi connectivity index (χ2v) is 11.0. The number of rotatable bonds is 15. The summed E-state index contributed by atoms with van der Waals surface area (Å²) in [6.45, 7) is 6.23. The molecule has 1 atom stereocenters. The number of carbonyl (C=O) groups excluding carboxylic acids is 5. The van der Waals surface area contributed by atoms with Gasteiger partial charge < -0.3 is 18.9 Å². The van der Waals surface area contributed by atoms with Crippen molar-refractivity contribution in [1.29, 1.82) is 5.26 Å². The van der Waals surface area contributed by atoms with E-state index in [9.17, 15) is 24.0 Å². The smallest absolute Gasteiger partial charge is 0.338 e. The van der Waals surface area contributed by atoms with Crippen molar-refractivity contribution in [2.75, 3.05) is 19.8 Å². The lowest BCUT2D eigenvalue weighted by Crippen LogP contribution is -2.39. The third-order valence-corrected chi connectivity index (χ3v) is 7.36. The van der Waals surface area contributed by atoms with Crippen molar-refractivity contribution in [1.82, 2.24) is 0 Å². The van der Waals surface area contributed by atoms with Gasteiger partial charge in [-0.2, -0.15) is 9.98 Å². The van der Waals surface area contributed by atoms with E-state index in [1.165, 1.54) is 18.2 Å². The lowest BCUT2D eigenvalue weighted by atomic mass is 9.88. The second-order valence-electron chi connectivity index (χ2n) is 11.0. The fraction of sp³-hybridized carbons (Fsp3) is 0.314. The summed E-state index contributed by atoms with van der Waals surface area (Å²) >= 11 is 0. The topological polar surface area (TPSA) is 171 Å². The van der Waals surface area contributed by atoms with Gasteiger partial charge in [-0.1, -0.05) is 31.2 Å². The van der Waals surface area contributed by atoms with Crippen molar-refractivity contribution in [2.45, 2.75) is 47.0 Å². The molecule has 0 saturated heterocycles. The summed E-state index contributed by atoms with van der Waals surface area (Å²) < 4.78 is 21.8. The molecule has 0 spiro atoms. The van der Waals surface area contributed by atoms with Gasteiger partial charge >= 0.3 is 17.9 Å². The zero-order chi connectivity index (χ0) is 34.4. The summed E-state index contributed by atoms with van der Waals surface area (Å²) in [5.74, 6) is -1.62. The van der Waals surface area contributed by atoms with Gasteiger partial charge in [-0.3, -0.25) is 9.59 Å². The Kier molecular flexibility index (Phi) is 12.9. The van der Waals surface area contributed by atoms with Gasteiger partial charge in [-0.05, 0) is 85.3 Å². The van der Waals surface area contributed by atoms with Crippen molar-refractivity contribution in [3.05, 3.63) is 88.0 Å². The third-order valence-electron chi connectivity index (χ3n) is 7.36. The largest absolute Gasteiger partial charge is 0.465 e. The average molecular weight is 640 g/mol. The van der Waals surface area contributed by atoms with Crippen LogP contribution in [0.1, 0.15) is 51.5 Å². The molecule has 0 amide bonds. The second kappa shape index (κ2) is 17.0. The fourth-order valence-electron chi connectivity index (χ4n) is 4.48. The Balaban J connectivity index is 1.78. The predicted octanol–water partition coefficient (Wildman–Crippen LogP) is 5.53. The van der Waals surface area contributed by atoms with E-state index in [0.29, 0.717) is 33.7 Å². The van der Waals surface area contributed by atoms with Gasteiger partial charge in [0.2, 0.25) is 12.2 Å². The highest BCUT2D eigenvalue weighted by molar-refractivity contribution is 5.90. The Labute approximate surface area is 271 Å². The molecule has 12 heteroatoms. The molecule has 0 aliphatic heterocycles. The first-order chi connectivity index (χ1) is 22.5. The number of isocyanates is 2. The van der Waals surface area contributed by atoms with Crippen LogP contribution in [-0.2, 0) is 46.2 Å². The van der Waals surface area contributed by atoms with Crippen LogP contribution in [0.2, 0.25) is 0 Å². The van der Waals surface area contributed by atoms with Crippen LogP contribution in [0.15, 0.2) is 64.6 Å². The minimum absolute atomic E-state index is 0.134. The Morgan fingerprint density at radius 2 is 1.36 bits per heavy atom. The van der Waals surface area contributed by atoms with Gasteiger partial charge in [0.25, 0.3) is 6.26 Å². The number of aryl methyl sites for hydroxylation is 3. The molecule has 0 radical (unpaired) electrons. The minimum Gasteiger partial charge on any atom is -0.465 e. The standard InChI is InChI=1S/C35H33N3O9/c1-5-35(19-46-34(43)28-10-23(2)11-29(16-28)37-21-39,17-44-32(41)14-26-8-6-24(3)30(12-26)38-22-40)18-45-33(42)15-27-9-7-25(4)31(13-27)47-20-36/h6-13,16H,5,14-15,17-19H2,1-4H3. The van der Waals surface area contributed by atoms with Crippen molar-refractivity contribution in [3.63, 3.8) is 0 Å². The Bertz CT molecular complexity index is 1780. The Morgan fingerprint density at radius 1 is 0.766 bits per heavy atom. The van der Waals surface area contributed by atoms with E-state index in [1.807, 2.05) is 0 Å². The number of aliphatic imine (C=N–C) groups is 2. The monoisotopic (exact) mass is 639 g/mol. The van der Waals surface area contributed by atoms with Gasteiger partial charge in [0.05, 0.1) is 35.2 Å². The molecular formula is C35H33N3O9. The summed E-state index contributed by atoms with van der Waals surface area (Å²) in [6, 6.07) is 14.5. The highest BCUT2D eigenvalue weighted by Crippen LogP contribution is 2.27. The summed E-state index contributed by atoms with van der Waals surface area (Å²) in [5, 5.41) is 8.87. The number of nitrogens with zero attached hydrogens (tertiary/aromatic N) is 3. The van der Waals surface area contributed by atoms with Crippen LogP contribution < -0.4 is 4.74 Å². The maximum absolute atomic E-state index is 13.1. The van der Waals surface area contributed by atoms with Gasteiger partial charge in [0, 0.05) is 0 Å². The van der Waals surface area contributed by atoms with E-state index in [-0.39, 0.29) is 50.3 Å². The molecule has 0 aromatic heterocycles. The van der Waals surface area contributed by atoms with Gasteiger partial charge in [-0.25, -0.2) is 14.4 Å². The normalized spacial score (nSPS) is 11.5. The number of nitriles is 1. The molecule has 0 N–H and O–H groups in total. The lowest BCUT2D eigenvalue weighted by molar-refractivity contribution is -0.155. The number of benzene rings is 3. The van der Waals surface area contributed by atoms with Crippen molar-refractivity contribution >= 4 is 41.4 Å². The first-order valence-corrected chi connectivity index (χ1v) is 14.5. The molecule has 0 saturated carbocycles. The summed E-state index contributed by atoms with van der Waals surface area (Å²) in [6.07, 6.45) is 4.55. The zero-order valence-corrected chi connectivity index (χ0v) is 26.5. The molecule has 3 rings (SSSR count). The van der Waals surface area contributed by atoms with Gasteiger partial charge in [0.15, 0.2) is 0 Å². The van der Waals surface area contributed by atoms with Crippen LogP contribution in [0.4, 0.5) is 11.4 Å². The molecule has 0 fully saturated rings. The summed E-state index contributed by atoms with van der Waals surface area (Å²) in [7, 11) is 0. The average Bonchev–Trinajstić information content (AvgIpc) is 3.04. The van der Waals surface area contributed by atoms with E-state index in [4.69, 9.17) is 24.2 Å². The number of ether oxygens (including phenoxy) is 4. The molecule has 3 aromatic rings. The molecule has 242 valence electrons. The van der Waals surface area contributed by atoms with Gasteiger partial charge in [0.1, 0.15) is 25.6 Å². The molecular weight excluding hydrogens is 606 g/mol. The van der Waals surface area contributed by atoms with E-state index >= 15 is 0 Å². The highest BCUT2D eigenvalue weighted by atomic mass is 16.6. The van der Waals surface area contributed by atoms with E-state index in [1.54, 1.807) is 82.5 Å². The fourth-order valence-corrected chi connectivity index (χ4v) is 4.48.